The van der Waals surface area contributed by atoms with Crippen LogP contribution in [0.15, 0.2) is 72.9 Å². The van der Waals surface area contributed by atoms with E-state index in [2.05, 4.69) is 79.5 Å². The minimum absolute atomic E-state index is 0.787. The van der Waals surface area contributed by atoms with Crippen molar-refractivity contribution < 1.29 is 0 Å². The predicted octanol–water partition coefficient (Wildman–Crippen LogP) is 8.26. The molecule has 2 nitrogen and oxygen atoms in total. The molecule has 2 aromatic carbocycles. The number of hydrogen-bond donors (Lipinski definition) is 0. The van der Waals surface area contributed by atoms with Gasteiger partial charge in [0.1, 0.15) is 5.82 Å². The van der Waals surface area contributed by atoms with Gasteiger partial charge in [0.15, 0.2) is 0 Å². The van der Waals surface area contributed by atoms with E-state index in [1.807, 2.05) is 23.6 Å². The van der Waals surface area contributed by atoms with Crippen molar-refractivity contribution in [3.63, 3.8) is 0 Å². The first kappa shape index (κ1) is 23.9. The van der Waals surface area contributed by atoms with Gasteiger partial charge in [0, 0.05) is 17.5 Å². The summed E-state index contributed by atoms with van der Waals surface area (Å²) in [6, 6.07) is 24.5. The van der Waals surface area contributed by atoms with Crippen LogP contribution in [0.3, 0.4) is 0 Å². The molecule has 5 rings (SSSR count). The summed E-state index contributed by atoms with van der Waals surface area (Å²) in [7, 11) is 0. The van der Waals surface area contributed by atoms with Crippen molar-refractivity contribution in [2.75, 3.05) is 0 Å². The van der Waals surface area contributed by atoms with Crippen LogP contribution in [0.2, 0.25) is 0 Å². The Morgan fingerprint density at radius 3 is 2.46 bits per heavy atom. The quantitative estimate of drug-likeness (QED) is 0.254. The molecule has 0 unspecified atom stereocenters. The molecule has 0 bridgehead atoms. The highest BCUT2D eigenvalue weighted by Crippen LogP contribution is 2.31. The van der Waals surface area contributed by atoms with E-state index in [0.29, 0.717) is 0 Å². The molecular weight excluding hydrogens is 444 g/mol. The number of thiophene rings is 1. The molecule has 1 fully saturated rings. The van der Waals surface area contributed by atoms with Crippen LogP contribution in [-0.2, 0) is 25.7 Å². The van der Waals surface area contributed by atoms with Crippen molar-refractivity contribution in [2.45, 2.75) is 65.2 Å². The van der Waals surface area contributed by atoms with E-state index in [1.165, 1.54) is 64.1 Å². The fourth-order valence-electron chi connectivity index (χ4n) is 5.21. The summed E-state index contributed by atoms with van der Waals surface area (Å²) in [6.45, 7) is 4.53. The van der Waals surface area contributed by atoms with Crippen LogP contribution in [0.4, 0.5) is 0 Å². The summed E-state index contributed by atoms with van der Waals surface area (Å²) in [5.74, 6) is 2.66. The van der Waals surface area contributed by atoms with Gasteiger partial charge in [-0.25, -0.2) is 9.97 Å². The summed E-state index contributed by atoms with van der Waals surface area (Å²) < 4.78 is 0. The lowest BCUT2D eigenvalue weighted by Crippen LogP contribution is -2.14. The van der Waals surface area contributed by atoms with Crippen LogP contribution >= 0.6 is 11.3 Å². The van der Waals surface area contributed by atoms with Crippen LogP contribution in [0.25, 0.3) is 10.6 Å². The van der Waals surface area contributed by atoms with Gasteiger partial charge in [-0.05, 0) is 85.8 Å². The van der Waals surface area contributed by atoms with E-state index in [9.17, 15) is 0 Å². The van der Waals surface area contributed by atoms with Crippen LogP contribution in [0, 0.1) is 18.8 Å². The SMILES string of the molecule is Cc1ccc(CCc2ccc(-c3ccnc(Cc4cccc(CC5CCC(C)CC5)c4)n3)s2)cc1. The highest BCUT2D eigenvalue weighted by Gasteiger charge is 2.18. The Balaban J connectivity index is 1.21. The lowest BCUT2D eigenvalue weighted by Gasteiger charge is -2.26. The molecule has 4 aromatic rings. The number of hydrogen-bond acceptors (Lipinski definition) is 3. The zero-order valence-corrected chi connectivity index (χ0v) is 21.9. The molecule has 2 aromatic heterocycles. The number of benzene rings is 2. The Kier molecular flexibility index (Phi) is 7.73. The smallest absolute Gasteiger partial charge is 0.133 e. The van der Waals surface area contributed by atoms with Gasteiger partial charge >= 0.3 is 0 Å². The van der Waals surface area contributed by atoms with E-state index in [4.69, 9.17) is 4.98 Å². The molecule has 2 heterocycles. The average Bonchev–Trinajstić information content (AvgIpc) is 3.35. The van der Waals surface area contributed by atoms with E-state index >= 15 is 0 Å². The molecule has 0 saturated heterocycles. The third kappa shape index (κ3) is 6.67. The lowest BCUT2D eigenvalue weighted by molar-refractivity contribution is 0.289. The first-order chi connectivity index (χ1) is 17.1. The molecule has 3 heteroatoms. The van der Waals surface area contributed by atoms with Gasteiger partial charge in [0.25, 0.3) is 0 Å². The molecule has 0 N–H and O–H groups in total. The van der Waals surface area contributed by atoms with E-state index in [0.717, 1.165) is 42.6 Å². The largest absolute Gasteiger partial charge is 0.241 e. The summed E-state index contributed by atoms with van der Waals surface area (Å²) in [4.78, 5) is 12.2. The Morgan fingerprint density at radius 1 is 0.829 bits per heavy atom. The van der Waals surface area contributed by atoms with Crippen LogP contribution in [0.5, 0.6) is 0 Å². The van der Waals surface area contributed by atoms with Gasteiger partial charge in [-0.1, -0.05) is 73.9 Å². The Bertz CT molecular complexity index is 1230. The molecular formula is C32H36N2S. The molecule has 1 aliphatic rings. The van der Waals surface area contributed by atoms with Gasteiger partial charge in [-0.3, -0.25) is 0 Å². The van der Waals surface area contributed by atoms with Gasteiger partial charge in [-0.15, -0.1) is 11.3 Å². The molecule has 1 saturated carbocycles. The molecule has 0 spiro atoms. The summed E-state index contributed by atoms with van der Waals surface area (Å²) in [6.07, 6.45) is 11.6. The van der Waals surface area contributed by atoms with Gasteiger partial charge in [0.2, 0.25) is 0 Å². The van der Waals surface area contributed by atoms with Crippen LogP contribution < -0.4 is 0 Å². The van der Waals surface area contributed by atoms with Gasteiger partial charge < -0.3 is 0 Å². The number of nitrogens with zero attached hydrogens (tertiary/aromatic N) is 2. The first-order valence-electron chi connectivity index (χ1n) is 13.1. The molecule has 35 heavy (non-hydrogen) atoms. The first-order valence-corrected chi connectivity index (χ1v) is 14.0. The molecule has 0 radical (unpaired) electrons. The number of rotatable bonds is 8. The fourth-order valence-corrected chi connectivity index (χ4v) is 6.19. The maximum absolute atomic E-state index is 4.93. The summed E-state index contributed by atoms with van der Waals surface area (Å²) in [5, 5.41) is 0. The highest BCUT2D eigenvalue weighted by molar-refractivity contribution is 7.15. The highest BCUT2D eigenvalue weighted by atomic mass is 32.1. The second kappa shape index (κ2) is 11.3. The third-order valence-corrected chi connectivity index (χ3v) is 8.58. The monoisotopic (exact) mass is 480 g/mol. The zero-order valence-electron chi connectivity index (χ0n) is 21.0. The Labute approximate surface area is 214 Å². The lowest BCUT2D eigenvalue weighted by atomic mass is 9.80. The van der Waals surface area contributed by atoms with Crippen LogP contribution in [0.1, 0.15) is 65.6 Å². The second-order valence-electron chi connectivity index (χ2n) is 10.4. The minimum Gasteiger partial charge on any atom is -0.241 e. The zero-order chi connectivity index (χ0) is 24.0. The maximum atomic E-state index is 4.93. The second-order valence-corrected chi connectivity index (χ2v) is 11.6. The molecule has 0 aliphatic heterocycles. The van der Waals surface area contributed by atoms with Gasteiger partial charge in [-0.2, -0.15) is 0 Å². The van der Waals surface area contributed by atoms with Crippen molar-refractivity contribution in [3.05, 3.63) is 106 Å². The average molecular weight is 481 g/mol. The fraction of sp³-hybridized carbons (Fsp3) is 0.375. The van der Waals surface area contributed by atoms with Crippen molar-refractivity contribution in [1.29, 1.82) is 0 Å². The van der Waals surface area contributed by atoms with Gasteiger partial charge in [0.05, 0.1) is 10.6 Å². The molecule has 1 aliphatic carbocycles. The molecule has 0 amide bonds. The Morgan fingerprint density at radius 2 is 1.63 bits per heavy atom. The van der Waals surface area contributed by atoms with Crippen molar-refractivity contribution >= 4 is 11.3 Å². The van der Waals surface area contributed by atoms with E-state index in [-0.39, 0.29) is 0 Å². The van der Waals surface area contributed by atoms with Crippen molar-refractivity contribution in [3.8, 4) is 10.6 Å². The predicted molar refractivity (Wildman–Crippen MR) is 148 cm³/mol. The summed E-state index contributed by atoms with van der Waals surface area (Å²) in [5.41, 5.74) is 6.53. The van der Waals surface area contributed by atoms with E-state index in [1.54, 1.807) is 0 Å². The van der Waals surface area contributed by atoms with Crippen molar-refractivity contribution in [1.82, 2.24) is 9.97 Å². The van der Waals surface area contributed by atoms with Crippen molar-refractivity contribution in [2.24, 2.45) is 11.8 Å². The molecule has 0 atom stereocenters. The number of aromatic nitrogens is 2. The topological polar surface area (TPSA) is 25.8 Å². The Hall–Kier alpha value is -2.78. The normalized spacial score (nSPS) is 18.0. The minimum atomic E-state index is 0.787. The standard InChI is InChI=1S/C32H36N2S/c1-23-6-10-25(11-7-23)14-15-29-16-17-31(35-29)30-18-19-33-32(34-30)22-28-5-3-4-27(21-28)20-26-12-8-24(2)9-13-26/h3-7,10-11,16-19,21,24,26H,8-9,12-15,20,22H2,1-2H3. The van der Waals surface area contributed by atoms with Crippen LogP contribution in [-0.4, -0.2) is 9.97 Å². The number of aryl methyl sites for hydroxylation is 3. The van der Waals surface area contributed by atoms with E-state index < -0.39 is 0 Å². The third-order valence-electron chi connectivity index (χ3n) is 7.41. The molecule has 180 valence electrons. The summed E-state index contributed by atoms with van der Waals surface area (Å²) >= 11 is 1.86. The maximum Gasteiger partial charge on any atom is 0.133 e.